The van der Waals surface area contributed by atoms with Gasteiger partial charge < -0.3 is 4.74 Å². The molecule has 0 unspecified atom stereocenters. The summed E-state index contributed by atoms with van der Waals surface area (Å²) >= 11 is 0. The van der Waals surface area contributed by atoms with E-state index in [9.17, 15) is 0 Å². The highest BCUT2D eigenvalue weighted by molar-refractivity contribution is 5.25. The lowest BCUT2D eigenvalue weighted by Gasteiger charge is -2.42. The molecule has 1 spiro atoms. The van der Waals surface area contributed by atoms with Crippen molar-refractivity contribution >= 4 is 0 Å². The Labute approximate surface area is 87.2 Å². The van der Waals surface area contributed by atoms with Crippen molar-refractivity contribution in [3.63, 3.8) is 0 Å². The van der Waals surface area contributed by atoms with Crippen molar-refractivity contribution in [3.8, 4) is 0 Å². The zero-order chi connectivity index (χ0) is 10.0. The zero-order valence-electron chi connectivity index (χ0n) is 9.73. The maximum absolute atomic E-state index is 6.27. The van der Waals surface area contributed by atoms with E-state index in [1.807, 2.05) is 0 Å². The van der Waals surface area contributed by atoms with E-state index < -0.39 is 0 Å². The van der Waals surface area contributed by atoms with Crippen LogP contribution in [-0.2, 0) is 4.74 Å². The Morgan fingerprint density at radius 1 is 1.21 bits per heavy atom. The van der Waals surface area contributed by atoms with Gasteiger partial charge in [-0.3, -0.25) is 0 Å². The third-order valence-corrected chi connectivity index (χ3v) is 5.64. The van der Waals surface area contributed by atoms with E-state index in [4.69, 9.17) is 4.74 Å². The van der Waals surface area contributed by atoms with Gasteiger partial charge in [0.25, 0.3) is 0 Å². The Bertz CT molecular complexity index is 264. The summed E-state index contributed by atoms with van der Waals surface area (Å²) in [7, 11) is 0. The van der Waals surface area contributed by atoms with Gasteiger partial charge in [0.1, 0.15) is 0 Å². The maximum Gasteiger partial charge on any atom is 0.0791 e. The van der Waals surface area contributed by atoms with Gasteiger partial charge in [-0.05, 0) is 50.4 Å². The Morgan fingerprint density at radius 2 is 1.93 bits per heavy atom. The third-order valence-electron chi connectivity index (χ3n) is 5.64. The van der Waals surface area contributed by atoms with Crippen LogP contribution in [0.15, 0.2) is 0 Å². The summed E-state index contributed by atoms with van der Waals surface area (Å²) in [4.78, 5) is 0. The van der Waals surface area contributed by atoms with Crippen LogP contribution in [0.2, 0.25) is 0 Å². The summed E-state index contributed by atoms with van der Waals surface area (Å²) in [5.41, 5.74) is 1.33. The average molecular weight is 194 g/mol. The van der Waals surface area contributed by atoms with Crippen molar-refractivity contribution in [1.82, 2.24) is 0 Å². The Kier molecular flexibility index (Phi) is 1.56. The zero-order valence-corrected chi connectivity index (χ0v) is 9.73. The molecular formula is C13H22O. The van der Waals surface area contributed by atoms with Crippen molar-refractivity contribution in [3.05, 3.63) is 0 Å². The highest BCUT2D eigenvalue weighted by Crippen LogP contribution is 2.78. The molecule has 0 heterocycles. The van der Waals surface area contributed by atoms with Crippen molar-refractivity contribution in [1.29, 1.82) is 0 Å². The molecule has 2 bridgehead atoms. The van der Waals surface area contributed by atoms with Crippen molar-refractivity contribution in [2.75, 3.05) is 6.61 Å². The van der Waals surface area contributed by atoms with Crippen LogP contribution in [0, 0.1) is 16.7 Å². The molecule has 0 amide bonds. The van der Waals surface area contributed by atoms with Crippen LogP contribution in [0.25, 0.3) is 0 Å². The highest BCUT2D eigenvalue weighted by atomic mass is 16.5. The smallest absolute Gasteiger partial charge is 0.0791 e. The highest BCUT2D eigenvalue weighted by Gasteiger charge is 2.75. The Balaban J connectivity index is 2.03. The largest absolute Gasteiger partial charge is 0.374 e. The monoisotopic (exact) mass is 194 g/mol. The number of fused-ring (bicyclic) bond motifs is 3. The summed E-state index contributed by atoms with van der Waals surface area (Å²) in [6.07, 6.45) is 7.08. The van der Waals surface area contributed by atoms with E-state index in [0.29, 0.717) is 10.8 Å². The number of rotatable bonds is 2. The summed E-state index contributed by atoms with van der Waals surface area (Å²) < 4.78 is 6.27. The van der Waals surface area contributed by atoms with Gasteiger partial charge in [0.2, 0.25) is 0 Å². The van der Waals surface area contributed by atoms with Gasteiger partial charge in [-0.25, -0.2) is 0 Å². The minimum atomic E-state index is 0.263. The molecule has 3 aliphatic rings. The van der Waals surface area contributed by atoms with Crippen LogP contribution in [0.4, 0.5) is 0 Å². The van der Waals surface area contributed by atoms with Gasteiger partial charge >= 0.3 is 0 Å². The van der Waals surface area contributed by atoms with Crippen LogP contribution in [0.5, 0.6) is 0 Å². The minimum Gasteiger partial charge on any atom is -0.374 e. The van der Waals surface area contributed by atoms with Gasteiger partial charge in [-0.1, -0.05) is 13.8 Å². The van der Waals surface area contributed by atoms with Gasteiger partial charge in [0, 0.05) is 12.0 Å². The molecule has 80 valence electrons. The predicted octanol–water partition coefficient (Wildman–Crippen LogP) is 3.38. The number of hydrogen-bond acceptors (Lipinski definition) is 1. The molecule has 1 heteroatoms. The first-order chi connectivity index (χ1) is 6.58. The fraction of sp³-hybridized carbons (Fsp3) is 1.00. The molecule has 1 nitrogen and oxygen atoms in total. The molecule has 0 radical (unpaired) electrons. The fourth-order valence-electron chi connectivity index (χ4n) is 4.75. The molecule has 0 aromatic heterocycles. The Morgan fingerprint density at radius 3 is 2.43 bits per heavy atom. The second-order valence-electron chi connectivity index (χ2n) is 6.20. The molecule has 0 aromatic carbocycles. The lowest BCUT2D eigenvalue weighted by Crippen LogP contribution is -2.46. The SMILES string of the molecule is CCO[C@@]12CC[C@@H](CC13CC3)C2(C)C. The van der Waals surface area contributed by atoms with Crippen molar-refractivity contribution in [2.24, 2.45) is 16.7 Å². The quantitative estimate of drug-likeness (QED) is 0.655. The lowest BCUT2D eigenvalue weighted by atomic mass is 9.73. The molecular weight excluding hydrogens is 172 g/mol. The van der Waals surface area contributed by atoms with Gasteiger partial charge in [0.05, 0.1) is 5.60 Å². The van der Waals surface area contributed by atoms with E-state index in [2.05, 4.69) is 20.8 Å². The summed E-state index contributed by atoms with van der Waals surface area (Å²) in [5.74, 6) is 0.941. The van der Waals surface area contributed by atoms with E-state index in [1.165, 1.54) is 32.1 Å². The van der Waals surface area contributed by atoms with Crippen LogP contribution in [0.3, 0.4) is 0 Å². The standard InChI is InChI=1S/C13H22O/c1-4-14-13-6-5-10(11(13,2)3)9-12(13)7-8-12/h10H,4-9H2,1-3H3/t10-,13+/m0/s1. The van der Waals surface area contributed by atoms with Gasteiger partial charge in [-0.2, -0.15) is 0 Å². The van der Waals surface area contributed by atoms with E-state index in [1.54, 1.807) is 0 Å². The fourth-order valence-corrected chi connectivity index (χ4v) is 4.75. The molecule has 0 saturated heterocycles. The second kappa shape index (κ2) is 2.37. The maximum atomic E-state index is 6.27. The first-order valence-electron chi connectivity index (χ1n) is 6.22. The van der Waals surface area contributed by atoms with E-state index in [-0.39, 0.29) is 5.60 Å². The summed E-state index contributed by atoms with van der Waals surface area (Å²) in [6, 6.07) is 0. The molecule has 0 aromatic rings. The first-order valence-corrected chi connectivity index (χ1v) is 6.22. The van der Waals surface area contributed by atoms with Crippen LogP contribution in [0.1, 0.15) is 52.9 Å². The van der Waals surface area contributed by atoms with Crippen molar-refractivity contribution in [2.45, 2.75) is 58.5 Å². The number of ether oxygens (including phenoxy) is 1. The van der Waals surface area contributed by atoms with Crippen molar-refractivity contribution < 1.29 is 4.74 Å². The van der Waals surface area contributed by atoms with Crippen LogP contribution < -0.4 is 0 Å². The molecule has 3 rings (SSSR count). The average Bonchev–Trinajstić information content (AvgIpc) is 2.82. The Hall–Kier alpha value is -0.0400. The predicted molar refractivity (Wildman–Crippen MR) is 57.1 cm³/mol. The topological polar surface area (TPSA) is 9.23 Å². The molecule has 3 fully saturated rings. The number of hydrogen-bond donors (Lipinski definition) is 0. The summed E-state index contributed by atoms with van der Waals surface area (Å²) in [5, 5.41) is 0. The van der Waals surface area contributed by atoms with Crippen LogP contribution >= 0.6 is 0 Å². The summed E-state index contributed by atoms with van der Waals surface area (Å²) in [6.45, 7) is 7.96. The minimum absolute atomic E-state index is 0.263. The van der Waals surface area contributed by atoms with Crippen LogP contribution in [-0.4, -0.2) is 12.2 Å². The normalized spacial score (nSPS) is 46.1. The lowest BCUT2D eigenvalue weighted by molar-refractivity contribution is -0.128. The first kappa shape index (κ1) is 9.21. The molecule has 3 saturated carbocycles. The molecule has 3 aliphatic carbocycles. The third kappa shape index (κ3) is 0.743. The molecule has 14 heavy (non-hydrogen) atoms. The van der Waals surface area contributed by atoms with Gasteiger partial charge in [-0.15, -0.1) is 0 Å². The molecule has 2 atom stereocenters. The van der Waals surface area contributed by atoms with E-state index >= 15 is 0 Å². The molecule has 0 aliphatic heterocycles. The van der Waals surface area contributed by atoms with E-state index in [0.717, 1.165) is 12.5 Å². The molecule has 0 N–H and O–H groups in total. The second-order valence-corrected chi connectivity index (χ2v) is 6.20. The van der Waals surface area contributed by atoms with Gasteiger partial charge in [0.15, 0.2) is 0 Å².